The van der Waals surface area contributed by atoms with Crippen LogP contribution >= 0.6 is 0 Å². The number of nitrogens with one attached hydrogen (secondary N) is 3. The molecule has 0 radical (unpaired) electrons. The van der Waals surface area contributed by atoms with Crippen molar-refractivity contribution in [1.82, 2.24) is 16.0 Å². The monoisotopic (exact) mass is 503 g/mol. The zero-order valence-electron chi connectivity index (χ0n) is 19.7. The minimum atomic E-state index is -1.38. The Morgan fingerprint density at radius 1 is 0.743 bits per heavy atom. The van der Waals surface area contributed by atoms with Crippen LogP contribution in [0.2, 0.25) is 0 Å². The van der Waals surface area contributed by atoms with Crippen molar-refractivity contribution in [1.29, 1.82) is 0 Å². The second kappa shape index (κ2) is 16.3. The third kappa shape index (κ3) is 13.2. The summed E-state index contributed by atoms with van der Waals surface area (Å²) in [6.45, 7) is 1.61. The van der Waals surface area contributed by atoms with Gasteiger partial charge in [0.2, 0.25) is 29.5 Å². The van der Waals surface area contributed by atoms with Crippen LogP contribution in [-0.4, -0.2) is 82.5 Å². The van der Waals surface area contributed by atoms with Crippen molar-refractivity contribution in [3.05, 3.63) is 0 Å². The van der Waals surface area contributed by atoms with Gasteiger partial charge in [0.1, 0.15) is 24.2 Å². The molecule has 13 N–H and O–H groups in total. The number of carboxylic acid groups (broad SMARTS) is 1. The Hall–Kier alpha value is -3.30. The molecule has 35 heavy (non-hydrogen) atoms. The fraction of sp³-hybridized carbons (Fsp3) is 0.700. The minimum Gasteiger partial charge on any atom is -0.480 e. The molecule has 0 saturated heterocycles. The Kier molecular flexibility index (Phi) is 14.8. The molecular formula is C20H37N7O8. The first-order chi connectivity index (χ1) is 16.3. The van der Waals surface area contributed by atoms with Crippen molar-refractivity contribution in [3.8, 4) is 0 Å². The standard InChI is InChI=1S/C20H37N7O8/c1-10(28)16(24)19(33)26-12(6-8-15(23)30)17(31)25-11(5-7-14(22)29)18(32)27-13(20(34)35)4-2-3-9-21/h10-13,16,28H,2-9,21,24H2,1H3,(H2,22,29)(H2,23,30)(H,25,31)(H,26,33)(H,27,32)(H,34,35). The van der Waals surface area contributed by atoms with Crippen molar-refractivity contribution in [2.24, 2.45) is 22.9 Å². The number of amides is 5. The zero-order valence-corrected chi connectivity index (χ0v) is 19.7. The Morgan fingerprint density at radius 2 is 1.17 bits per heavy atom. The summed E-state index contributed by atoms with van der Waals surface area (Å²) in [5.41, 5.74) is 21.2. The molecule has 0 bridgehead atoms. The van der Waals surface area contributed by atoms with Crippen molar-refractivity contribution in [2.75, 3.05) is 6.54 Å². The second-order valence-corrected chi connectivity index (χ2v) is 8.08. The van der Waals surface area contributed by atoms with E-state index in [0.717, 1.165) is 0 Å². The SMILES string of the molecule is CC(O)C(N)C(=O)NC(CCC(N)=O)C(=O)NC(CCC(N)=O)C(=O)NC(CCCCN)C(=O)O. The maximum atomic E-state index is 12.9. The molecule has 0 rings (SSSR count). The fourth-order valence-electron chi connectivity index (χ4n) is 2.89. The third-order valence-electron chi connectivity index (χ3n) is 5.01. The molecule has 0 saturated carbocycles. The smallest absolute Gasteiger partial charge is 0.326 e. The highest BCUT2D eigenvalue weighted by molar-refractivity contribution is 5.94. The van der Waals surface area contributed by atoms with Crippen molar-refractivity contribution < 1.29 is 39.0 Å². The van der Waals surface area contributed by atoms with Gasteiger partial charge in [-0.05, 0) is 45.6 Å². The zero-order chi connectivity index (χ0) is 27.1. The number of aliphatic hydroxyl groups is 1. The number of rotatable bonds is 18. The number of carbonyl (C=O) groups is 6. The topological polar surface area (TPSA) is 283 Å². The summed E-state index contributed by atoms with van der Waals surface area (Å²) < 4.78 is 0. The summed E-state index contributed by atoms with van der Waals surface area (Å²) in [5.74, 6) is -5.53. The molecule has 0 aromatic heterocycles. The maximum Gasteiger partial charge on any atom is 0.326 e. The number of hydrogen-bond donors (Lipinski definition) is 9. The van der Waals surface area contributed by atoms with Crippen molar-refractivity contribution in [3.63, 3.8) is 0 Å². The van der Waals surface area contributed by atoms with E-state index in [9.17, 15) is 39.0 Å². The van der Waals surface area contributed by atoms with Gasteiger partial charge in [0.05, 0.1) is 6.10 Å². The van der Waals surface area contributed by atoms with E-state index in [1.807, 2.05) is 0 Å². The number of aliphatic hydroxyl groups excluding tert-OH is 1. The lowest BCUT2D eigenvalue weighted by Crippen LogP contribution is -2.58. The molecule has 15 heteroatoms. The lowest BCUT2D eigenvalue weighted by molar-refractivity contribution is -0.142. The first-order valence-electron chi connectivity index (χ1n) is 11.1. The average Bonchev–Trinajstić information content (AvgIpc) is 2.77. The van der Waals surface area contributed by atoms with E-state index in [0.29, 0.717) is 19.4 Å². The first-order valence-corrected chi connectivity index (χ1v) is 11.1. The molecule has 200 valence electrons. The molecule has 0 fully saturated rings. The molecule has 0 aliphatic heterocycles. The molecular weight excluding hydrogens is 466 g/mol. The number of hydrogen-bond acceptors (Lipinski definition) is 9. The van der Waals surface area contributed by atoms with Crippen LogP contribution in [0.3, 0.4) is 0 Å². The molecule has 0 aliphatic carbocycles. The van der Waals surface area contributed by atoms with Gasteiger partial charge >= 0.3 is 5.97 Å². The molecule has 5 unspecified atom stereocenters. The quantitative estimate of drug-likeness (QED) is 0.0814. The number of carbonyl (C=O) groups excluding carboxylic acids is 5. The van der Waals surface area contributed by atoms with Gasteiger partial charge in [0.15, 0.2) is 0 Å². The van der Waals surface area contributed by atoms with Crippen LogP contribution in [0.15, 0.2) is 0 Å². The molecule has 0 heterocycles. The van der Waals surface area contributed by atoms with Gasteiger partial charge in [-0.1, -0.05) is 0 Å². The summed E-state index contributed by atoms with van der Waals surface area (Å²) in [6.07, 6.45) is -1.31. The molecule has 0 spiro atoms. The Balaban J connectivity index is 5.59. The van der Waals surface area contributed by atoms with E-state index in [1.54, 1.807) is 0 Å². The predicted molar refractivity (Wildman–Crippen MR) is 123 cm³/mol. The van der Waals surface area contributed by atoms with Crippen LogP contribution in [0.25, 0.3) is 0 Å². The molecule has 0 aromatic rings. The number of unbranched alkanes of at least 4 members (excludes halogenated alkanes) is 1. The van der Waals surface area contributed by atoms with Crippen LogP contribution in [0.5, 0.6) is 0 Å². The van der Waals surface area contributed by atoms with Crippen LogP contribution in [0, 0.1) is 0 Å². The van der Waals surface area contributed by atoms with E-state index >= 15 is 0 Å². The number of aliphatic carboxylic acids is 1. The maximum absolute atomic E-state index is 12.9. The summed E-state index contributed by atoms with van der Waals surface area (Å²) in [4.78, 5) is 71.8. The normalized spacial score (nSPS) is 15.1. The number of carboxylic acids is 1. The van der Waals surface area contributed by atoms with Crippen molar-refractivity contribution >= 4 is 35.5 Å². The molecule has 5 atom stereocenters. The summed E-state index contributed by atoms with van der Waals surface area (Å²) >= 11 is 0. The lowest BCUT2D eigenvalue weighted by atomic mass is 10.0. The van der Waals surface area contributed by atoms with Gasteiger partial charge in [-0.25, -0.2) is 4.79 Å². The average molecular weight is 504 g/mol. The summed E-state index contributed by atoms with van der Waals surface area (Å²) in [7, 11) is 0. The van der Waals surface area contributed by atoms with E-state index < -0.39 is 65.8 Å². The molecule has 0 aromatic carbocycles. The van der Waals surface area contributed by atoms with E-state index in [4.69, 9.17) is 22.9 Å². The van der Waals surface area contributed by atoms with Crippen molar-refractivity contribution in [2.45, 2.75) is 82.1 Å². The Bertz CT molecular complexity index is 762. The van der Waals surface area contributed by atoms with Gasteiger partial charge in [-0.3, -0.25) is 24.0 Å². The highest BCUT2D eigenvalue weighted by Gasteiger charge is 2.31. The molecule has 15 nitrogen and oxygen atoms in total. The fourth-order valence-corrected chi connectivity index (χ4v) is 2.89. The minimum absolute atomic E-state index is 0.0866. The van der Waals surface area contributed by atoms with E-state index in [1.165, 1.54) is 6.92 Å². The van der Waals surface area contributed by atoms with Gasteiger partial charge in [-0.15, -0.1) is 0 Å². The lowest BCUT2D eigenvalue weighted by Gasteiger charge is -2.25. The Labute approximate surface area is 202 Å². The Morgan fingerprint density at radius 3 is 1.54 bits per heavy atom. The predicted octanol–water partition coefficient (Wildman–Crippen LogP) is -4.11. The number of nitrogens with two attached hydrogens (primary N) is 4. The van der Waals surface area contributed by atoms with Crippen LogP contribution in [0.1, 0.15) is 51.9 Å². The van der Waals surface area contributed by atoms with E-state index in [-0.39, 0.29) is 32.1 Å². The van der Waals surface area contributed by atoms with Gasteiger partial charge < -0.3 is 49.1 Å². The van der Waals surface area contributed by atoms with Crippen LogP contribution in [-0.2, 0) is 28.8 Å². The van der Waals surface area contributed by atoms with Crippen LogP contribution in [0.4, 0.5) is 0 Å². The third-order valence-corrected chi connectivity index (χ3v) is 5.01. The summed E-state index contributed by atoms with van der Waals surface area (Å²) in [5, 5.41) is 25.8. The molecule has 0 aliphatic rings. The van der Waals surface area contributed by atoms with Gasteiger partial charge in [-0.2, -0.15) is 0 Å². The highest BCUT2D eigenvalue weighted by Crippen LogP contribution is 2.06. The largest absolute Gasteiger partial charge is 0.480 e. The highest BCUT2D eigenvalue weighted by atomic mass is 16.4. The first kappa shape index (κ1) is 31.7. The second-order valence-electron chi connectivity index (χ2n) is 8.08. The van der Waals surface area contributed by atoms with E-state index in [2.05, 4.69) is 16.0 Å². The van der Waals surface area contributed by atoms with Gasteiger partial charge in [0.25, 0.3) is 0 Å². The summed E-state index contributed by atoms with van der Waals surface area (Å²) in [6, 6.07) is -5.40. The number of primary amides is 2. The van der Waals surface area contributed by atoms with Crippen LogP contribution < -0.4 is 38.9 Å². The van der Waals surface area contributed by atoms with Gasteiger partial charge in [0, 0.05) is 12.8 Å². The molecule has 5 amide bonds.